The highest BCUT2D eigenvalue weighted by Crippen LogP contribution is 1.95. The van der Waals surface area contributed by atoms with Crippen molar-refractivity contribution < 1.29 is 23.9 Å². The molecular weight excluding hydrogens is 264 g/mol. The lowest BCUT2D eigenvalue weighted by Crippen LogP contribution is -2.52. The smallest absolute Gasteiger partial charge is 0.340 e. The first-order valence-corrected chi connectivity index (χ1v) is 5.33. The van der Waals surface area contributed by atoms with Gasteiger partial charge in [-0.25, -0.2) is 9.59 Å². The second-order valence-electron chi connectivity index (χ2n) is 3.23. The Bertz CT molecular complexity index is 278. The Hall–Kier alpha value is -1.34. The molecule has 0 radical (unpaired) electrons. The van der Waals surface area contributed by atoms with Crippen LogP contribution in [0, 0.1) is 0 Å². The third-order valence-electron chi connectivity index (χ3n) is 1.74. The van der Waals surface area contributed by atoms with Crippen molar-refractivity contribution in [3.05, 3.63) is 0 Å². The molecule has 0 spiro atoms. The molecule has 0 heterocycles. The van der Waals surface area contributed by atoms with Gasteiger partial charge >= 0.3 is 11.9 Å². The van der Waals surface area contributed by atoms with Crippen LogP contribution in [0.2, 0.25) is 0 Å². The number of carbonyl (C=O) groups is 3. The highest BCUT2D eigenvalue weighted by atomic mass is 35.5. The fraction of sp³-hybridized carbons (Fsp3) is 0.700. The minimum absolute atomic E-state index is 0. The predicted molar refractivity (Wildman–Crippen MR) is 66.1 cm³/mol. The molecule has 0 saturated heterocycles. The number of hydrogen-bond donors (Lipinski definition) is 2. The number of esters is 2. The molecule has 1 amide bonds. The number of hydrogen-bond acceptors (Lipinski definition) is 6. The lowest BCUT2D eigenvalue weighted by atomic mass is 10.2. The van der Waals surface area contributed by atoms with Crippen molar-refractivity contribution in [1.82, 2.24) is 5.32 Å². The predicted octanol–water partition coefficient (Wildman–Crippen LogP) is -0.634. The molecule has 18 heavy (non-hydrogen) atoms. The van der Waals surface area contributed by atoms with E-state index in [0.29, 0.717) is 0 Å². The zero-order valence-corrected chi connectivity index (χ0v) is 11.4. The van der Waals surface area contributed by atoms with Crippen LogP contribution >= 0.6 is 12.4 Å². The van der Waals surface area contributed by atoms with Crippen LogP contribution in [0.15, 0.2) is 0 Å². The van der Waals surface area contributed by atoms with Crippen LogP contribution in [0.1, 0.15) is 20.8 Å². The maximum absolute atomic E-state index is 11.4. The number of carbonyl (C=O) groups excluding carboxylic acids is 3. The Morgan fingerprint density at radius 1 is 1.11 bits per heavy atom. The van der Waals surface area contributed by atoms with Gasteiger partial charge in [-0.05, 0) is 20.8 Å². The SMILES string of the molecule is CCOC(=O)C(NC(=O)[C@H](C)N)C(=O)OCC.Cl. The number of halogens is 1. The largest absolute Gasteiger partial charge is 0.464 e. The van der Waals surface area contributed by atoms with E-state index in [0.717, 1.165) is 0 Å². The maximum atomic E-state index is 11.4. The van der Waals surface area contributed by atoms with Gasteiger partial charge in [0.05, 0.1) is 19.3 Å². The van der Waals surface area contributed by atoms with Crippen LogP contribution in [0.25, 0.3) is 0 Å². The van der Waals surface area contributed by atoms with Gasteiger partial charge in [0, 0.05) is 0 Å². The van der Waals surface area contributed by atoms with Gasteiger partial charge in [-0.15, -0.1) is 12.4 Å². The third-order valence-corrected chi connectivity index (χ3v) is 1.74. The van der Waals surface area contributed by atoms with Gasteiger partial charge in [-0.1, -0.05) is 0 Å². The average Bonchev–Trinajstić information content (AvgIpc) is 2.25. The Morgan fingerprint density at radius 2 is 1.50 bits per heavy atom. The number of amides is 1. The summed E-state index contributed by atoms with van der Waals surface area (Å²) in [4.78, 5) is 34.2. The normalized spacial score (nSPS) is 11.2. The van der Waals surface area contributed by atoms with Crippen LogP contribution in [0.3, 0.4) is 0 Å². The number of rotatable bonds is 6. The van der Waals surface area contributed by atoms with E-state index in [9.17, 15) is 14.4 Å². The molecule has 0 aliphatic rings. The molecule has 0 aliphatic heterocycles. The molecule has 0 aromatic rings. The Kier molecular flexibility index (Phi) is 10.2. The lowest BCUT2D eigenvalue weighted by Gasteiger charge is -2.16. The first-order valence-electron chi connectivity index (χ1n) is 5.33. The number of nitrogens with one attached hydrogen (secondary N) is 1. The first kappa shape index (κ1) is 19.0. The highest BCUT2D eigenvalue weighted by molar-refractivity contribution is 6.02. The van der Waals surface area contributed by atoms with Crippen molar-refractivity contribution in [1.29, 1.82) is 0 Å². The Morgan fingerprint density at radius 3 is 1.78 bits per heavy atom. The summed E-state index contributed by atoms with van der Waals surface area (Å²) in [5.74, 6) is -2.35. The molecule has 0 aromatic heterocycles. The summed E-state index contributed by atoms with van der Waals surface area (Å²) in [6, 6.07) is -2.30. The van der Waals surface area contributed by atoms with E-state index in [2.05, 4.69) is 14.8 Å². The monoisotopic (exact) mass is 282 g/mol. The lowest BCUT2D eigenvalue weighted by molar-refractivity contribution is -0.159. The quantitative estimate of drug-likeness (QED) is 0.496. The van der Waals surface area contributed by atoms with E-state index in [1.807, 2.05) is 0 Å². The zero-order chi connectivity index (χ0) is 13.4. The summed E-state index contributed by atoms with van der Waals surface area (Å²) < 4.78 is 9.31. The van der Waals surface area contributed by atoms with E-state index in [-0.39, 0.29) is 25.6 Å². The highest BCUT2D eigenvalue weighted by Gasteiger charge is 2.31. The van der Waals surface area contributed by atoms with Gasteiger partial charge in [0.2, 0.25) is 11.9 Å². The van der Waals surface area contributed by atoms with E-state index >= 15 is 0 Å². The maximum Gasteiger partial charge on any atom is 0.340 e. The fourth-order valence-electron chi connectivity index (χ4n) is 0.939. The summed E-state index contributed by atoms with van der Waals surface area (Å²) in [5.41, 5.74) is 5.32. The number of nitrogens with two attached hydrogens (primary N) is 1. The topological polar surface area (TPSA) is 108 Å². The van der Waals surface area contributed by atoms with Gasteiger partial charge < -0.3 is 20.5 Å². The van der Waals surface area contributed by atoms with Gasteiger partial charge in [0.15, 0.2) is 0 Å². The molecule has 0 fully saturated rings. The van der Waals surface area contributed by atoms with Crippen molar-refractivity contribution in [2.45, 2.75) is 32.9 Å². The van der Waals surface area contributed by atoms with Crippen LogP contribution in [-0.2, 0) is 23.9 Å². The van der Waals surface area contributed by atoms with E-state index < -0.39 is 29.9 Å². The van der Waals surface area contributed by atoms with Crippen molar-refractivity contribution in [3.8, 4) is 0 Å². The molecule has 0 unspecified atom stereocenters. The first-order chi connectivity index (χ1) is 7.93. The van der Waals surface area contributed by atoms with Gasteiger partial charge in [-0.3, -0.25) is 4.79 Å². The second kappa shape index (κ2) is 9.67. The Balaban J connectivity index is 0. The summed E-state index contributed by atoms with van der Waals surface area (Å²) >= 11 is 0. The molecular formula is C10H19ClN2O5. The van der Waals surface area contributed by atoms with Gasteiger partial charge in [0.25, 0.3) is 0 Å². The molecule has 8 heteroatoms. The van der Waals surface area contributed by atoms with Crippen LogP contribution < -0.4 is 11.1 Å². The van der Waals surface area contributed by atoms with Gasteiger partial charge in [-0.2, -0.15) is 0 Å². The summed E-state index contributed by atoms with van der Waals surface area (Å²) in [5, 5.41) is 2.17. The number of ether oxygens (including phenoxy) is 2. The summed E-state index contributed by atoms with van der Waals surface area (Å²) in [7, 11) is 0. The van der Waals surface area contributed by atoms with Crippen LogP contribution in [-0.4, -0.2) is 43.1 Å². The Labute approximate surface area is 112 Å². The summed E-state index contributed by atoms with van der Waals surface area (Å²) in [6.45, 7) is 4.81. The van der Waals surface area contributed by atoms with Crippen molar-refractivity contribution in [3.63, 3.8) is 0 Å². The minimum Gasteiger partial charge on any atom is -0.464 e. The van der Waals surface area contributed by atoms with Crippen LogP contribution in [0.5, 0.6) is 0 Å². The van der Waals surface area contributed by atoms with Crippen molar-refractivity contribution >= 4 is 30.3 Å². The minimum atomic E-state index is -1.46. The fourth-order valence-corrected chi connectivity index (χ4v) is 0.939. The van der Waals surface area contributed by atoms with Gasteiger partial charge in [0.1, 0.15) is 0 Å². The van der Waals surface area contributed by atoms with Crippen molar-refractivity contribution in [2.75, 3.05) is 13.2 Å². The second-order valence-corrected chi connectivity index (χ2v) is 3.23. The molecule has 0 saturated carbocycles. The van der Waals surface area contributed by atoms with Crippen LogP contribution in [0.4, 0.5) is 0 Å². The molecule has 0 rings (SSSR count). The molecule has 0 aromatic carbocycles. The molecule has 7 nitrogen and oxygen atoms in total. The molecule has 3 N–H and O–H groups in total. The zero-order valence-electron chi connectivity index (χ0n) is 10.6. The van der Waals surface area contributed by atoms with E-state index in [4.69, 9.17) is 5.73 Å². The molecule has 1 atom stereocenters. The standard InChI is InChI=1S/C10H18N2O5.ClH/c1-4-16-9(14)7(10(15)17-5-2)12-8(13)6(3)11;/h6-7H,4-5,11H2,1-3H3,(H,12,13);1H/t6-;/m0./s1. The molecule has 106 valence electrons. The average molecular weight is 283 g/mol. The molecule has 0 aliphatic carbocycles. The van der Waals surface area contributed by atoms with E-state index in [1.165, 1.54) is 6.92 Å². The molecule has 0 bridgehead atoms. The third kappa shape index (κ3) is 6.41. The summed E-state index contributed by atoms with van der Waals surface area (Å²) in [6.07, 6.45) is 0. The van der Waals surface area contributed by atoms with E-state index in [1.54, 1.807) is 13.8 Å². The van der Waals surface area contributed by atoms with Crippen molar-refractivity contribution in [2.24, 2.45) is 5.73 Å².